The lowest BCUT2D eigenvalue weighted by Gasteiger charge is -2.37. The summed E-state index contributed by atoms with van der Waals surface area (Å²) >= 11 is 0. The summed E-state index contributed by atoms with van der Waals surface area (Å²) in [5.41, 5.74) is -0.731. The van der Waals surface area contributed by atoms with Crippen LogP contribution in [0.25, 0.3) is 0 Å². The first-order valence-electron chi connectivity index (χ1n) is 15.5. The Kier molecular flexibility index (Phi) is 14.6. The molecule has 1 saturated heterocycles. The zero-order chi connectivity index (χ0) is 33.2. The van der Waals surface area contributed by atoms with Crippen LogP contribution in [-0.4, -0.2) is 77.5 Å². The number of carbonyl (C=O) groups excluding carboxylic acids is 6. The Balaban J connectivity index is 3.31. The highest BCUT2D eigenvalue weighted by Crippen LogP contribution is 2.33. The molecule has 1 aliphatic rings. The first-order chi connectivity index (χ1) is 19.9. The number of ketones is 2. The minimum absolute atomic E-state index is 0.0444. The maximum absolute atomic E-state index is 14.1. The van der Waals surface area contributed by atoms with Gasteiger partial charge in [0.1, 0.15) is 12.1 Å². The molecule has 0 aromatic rings. The van der Waals surface area contributed by atoms with E-state index in [1.165, 1.54) is 11.0 Å². The second kappa shape index (κ2) is 16.6. The van der Waals surface area contributed by atoms with Crippen molar-refractivity contribution in [1.29, 1.82) is 0 Å². The van der Waals surface area contributed by atoms with Crippen LogP contribution in [0, 0.1) is 29.1 Å². The van der Waals surface area contributed by atoms with Gasteiger partial charge < -0.3 is 26.2 Å². The molecule has 4 N–H and O–H groups in total. The van der Waals surface area contributed by atoms with Gasteiger partial charge in [-0.15, -0.1) is 6.58 Å². The second-order valence-electron chi connectivity index (χ2n) is 13.6. The maximum Gasteiger partial charge on any atom is 0.316 e. The van der Waals surface area contributed by atoms with E-state index in [0.29, 0.717) is 19.4 Å². The van der Waals surface area contributed by atoms with Crippen LogP contribution in [0.15, 0.2) is 12.7 Å². The van der Waals surface area contributed by atoms with E-state index in [1.807, 2.05) is 55.4 Å². The van der Waals surface area contributed by atoms with Crippen molar-refractivity contribution < 1.29 is 28.8 Å². The first-order valence-corrected chi connectivity index (χ1v) is 15.5. The van der Waals surface area contributed by atoms with Crippen molar-refractivity contribution in [2.75, 3.05) is 13.1 Å². The summed E-state index contributed by atoms with van der Waals surface area (Å²) in [4.78, 5) is 80.6. The molecular weight excluding hydrogens is 550 g/mol. The number of hydrogen-bond donors (Lipinski definition) is 4. The Bertz CT molecular complexity index is 1030. The van der Waals surface area contributed by atoms with E-state index in [0.717, 1.165) is 0 Å². The molecule has 0 spiro atoms. The normalized spacial score (nSPS) is 19.0. The fourth-order valence-corrected chi connectivity index (χ4v) is 5.38. The van der Waals surface area contributed by atoms with Gasteiger partial charge in [-0.05, 0) is 36.0 Å². The Labute approximate surface area is 257 Å². The molecule has 1 aliphatic heterocycles. The summed E-state index contributed by atoms with van der Waals surface area (Å²) in [5.74, 6) is -3.18. The van der Waals surface area contributed by atoms with Gasteiger partial charge in [-0.1, -0.05) is 81.7 Å². The molecule has 11 heteroatoms. The molecule has 1 fully saturated rings. The van der Waals surface area contributed by atoms with Gasteiger partial charge in [-0.3, -0.25) is 24.0 Å². The van der Waals surface area contributed by atoms with Crippen LogP contribution in [0.1, 0.15) is 88.5 Å². The monoisotopic (exact) mass is 605 g/mol. The third-order valence-electron chi connectivity index (χ3n) is 7.91. The van der Waals surface area contributed by atoms with E-state index in [2.05, 4.69) is 27.8 Å². The predicted molar refractivity (Wildman–Crippen MR) is 167 cm³/mol. The van der Waals surface area contributed by atoms with Crippen LogP contribution in [-0.2, 0) is 24.0 Å². The molecule has 244 valence electrons. The van der Waals surface area contributed by atoms with Crippen LogP contribution in [0.2, 0.25) is 0 Å². The van der Waals surface area contributed by atoms with Gasteiger partial charge in [0.15, 0.2) is 5.78 Å². The zero-order valence-corrected chi connectivity index (χ0v) is 27.8. The van der Waals surface area contributed by atoms with Crippen LogP contribution in [0.5, 0.6) is 0 Å². The van der Waals surface area contributed by atoms with Gasteiger partial charge >= 0.3 is 6.03 Å². The highest BCUT2D eigenvalue weighted by atomic mass is 16.2. The minimum atomic E-state index is -1.04. The number of urea groups is 1. The lowest BCUT2D eigenvalue weighted by molar-refractivity contribution is -0.144. The van der Waals surface area contributed by atoms with Gasteiger partial charge in [0.25, 0.3) is 5.91 Å². The van der Waals surface area contributed by atoms with Crippen LogP contribution in [0.3, 0.4) is 0 Å². The maximum atomic E-state index is 14.1. The number of rotatable bonds is 15. The summed E-state index contributed by atoms with van der Waals surface area (Å²) in [6.07, 6.45) is 2.83. The van der Waals surface area contributed by atoms with Gasteiger partial charge in [0.2, 0.25) is 17.6 Å². The number of amides is 5. The highest BCUT2D eigenvalue weighted by molar-refractivity contribution is 6.38. The molecule has 1 rings (SSSR count). The fourth-order valence-electron chi connectivity index (χ4n) is 5.38. The van der Waals surface area contributed by atoms with E-state index in [1.54, 1.807) is 13.8 Å². The molecule has 0 saturated carbocycles. The summed E-state index contributed by atoms with van der Waals surface area (Å²) in [7, 11) is 0. The fraction of sp³-hybridized carbons (Fsp3) is 0.750. The number of nitrogens with zero attached hydrogens (tertiary/aromatic N) is 1. The van der Waals surface area contributed by atoms with Crippen LogP contribution >= 0.6 is 0 Å². The number of Topliss-reactive ketones (excluding diaryl/α,β-unsaturated/α-hetero) is 2. The molecule has 0 radical (unpaired) electrons. The average Bonchev–Trinajstić information content (AvgIpc) is 3.37. The van der Waals surface area contributed by atoms with E-state index in [9.17, 15) is 28.8 Å². The Morgan fingerprint density at radius 2 is 1.56 bits per heavy atom. The number of nitrogens with one attached hydrogen (secondary N) is 4. The Morgan fingerprint density at radius 3 is 2.02 bits per heavy atom. The molecule has 0 bridgehead atoms. The predicted octanol–water partition coefficient (Wildman–Crippen LogP) is 2.98. The van der Waals surface area contributed by atoms with E-state index in [4.69, 9.17) is 0 Å². The zero-order valence-electron chi connectivity index (χ0n) is 27.8. The third-order valence-corrected chi connectivity index (χ3v) is 7.91. The standard InChI is InChI=1S/C32H55N5O6/c1-12-14-22(26(39)29(41)33-16-13-2)34-28(40)24-21(18(3)4)15-17-37(24)30(42)27(32(9,10)11)36-31(43)35-23(19(5)6)25(38)20(7)8/h13,18-24,27H,2,12,14-17H2,1,3-11H3,(H,33,41)(H,34,40)(H2,35,36,43)/t21-,22?,23+,24+,27-/m1/s1. The lowest BCUT2D eigenvalue weighted by Crippen LogP contribution is -2.62. The first kappa shape index (κ1) is 37.8. The van der Waals surface area contributed by atoms with Gasteiger partial charge in [0, 0.05) is 19.0 Å². The van der Waals surface area contributed by atoms with Crippen molar-refractivity contribution in [2.24, 2.45) is 29.1 Å². The third kappa shape index (κ3) is 10.5. The van der Waals surface area contributed by atoms with Crippen LogP contribution in [0.4, 0.5) is 4.79 Å². The van der Waals surface area contributed by atoms with E-state index < -0.39 is 59.1 Å². The number of likely N-dealkylation sites (tertiary alicyclic amines) is 1. The largest absolute Gasteiger partial charge is 0.346 e. The van der Waals surface area contributed by atoms with Gasteiger partial charge in [-0.2, -0.15) is 0 Å². The van der Waals surface area contributed by atoms with Crippen LogP contribution < -0.4 is 21.3 Å². The summed E-state index contributed by atoms with van der Waals surface area (Å²) in [6, 6.07) is -4.30. The molecule has 1 heterocycles. The van der Waals surface area contributed by atoms with E-state index in [-0.39, 0.29) is 42.4 Å². The second-order valence-corrected chi connectivity index (χ2v) is 13.6. The molecule has 11 nitrogen and oxygen atoms in total. The van der Waals surface area contributed by atoms with Crippen molar-refractivity contribution >= 4 is 35.3 Å². The average molecular weight is 606 g/mol. The summed E-state index contributed by atoms with van der Waals surface area (Å²) in [5, 5.41) is 10.8. The molecule has 0 aromatic carbocycles. The smallest absolute Gasteiger partial charge is 0.316 e. The highest BCUT2D eigenvalue weighted by Gasteiger charge is 2.47. The molecule has 0 aromatic heterocycles. The summed E-state index contributed by atoms with van der Waals surface area (Å²) < 4.78 is 0. The van der Waals surface area contributed by atoms with Crippen molar-refractivity contribution in [3.8, 4) is 0 Å². The van der Waals surface area contributed by atoms with E-state index >= 15 is 0 Å². The molecule has 43 heavy (non-hydrogen) atoms. The van der Waals surface area contributed by atoms with Crippen molar-refractivity contribution in [2.45, 2.75) is 113 Å². The molecule has 1 unspecified atom stereocenters. The van der Waals surface area contributed by atoms with Gasteiger partial charge in [-0.25, -0.2) is 4.79 Å². The van der Waals surface area contributed by atoms with Crippen molar-refractivity contribution in [3.63, 3.8) is 0 Å². The molecule has 5 atom stereocenters. The molecule has 0 aliphatic carbocycles. The summed E-state index contributed by atoms with van der Waals surface area (Å²) in [6.45, 7) is 22.4. The van der Waals surface area contributed by atoms with Gasteiger partial charge in [0.05, 0.1) is 12.1 Å². The Morgan fingerprint density at radius 1 is 0.953 bits per heavy atom. The quantitative estimate of drug-likeness (QED) is 0.166. The molecular formula is C32H55N5O6. The number of carbonyl (C=O) groups is 6. The molecule has 5 amide bonds. The lowest BCUT2D eigenvalue weighted by atomic mass is 9.84. The minimum Gasteiger partial charge on any atom is -0.346 e. The number of hydrogen-bond acceptors (Lipinski definition) is 6. The van der Waals surface area contributed by atoms with Crippen molar-refractivity contribution in [1.82, 2.24) is 26.2 Å². The topological polar surface area (TPSA) is 154 Å². The SMILES string of the molecule is C=CCNC(=O)C(=O)C(CCC)NC(=O)[C@@H]1[C@@H](C(C)C)CCN1C(=O)[C@@H](NC(=O)N[C@H](C(=O)C(C)C)C(C)C)C(C)(C)C. The van der Waals surface area contributed by atoms with Crippen molar-refractivity contribution in [3.05, 3.63) is 12.7 Å². The Hall–Kier alpha value is -3.24.